The van der Waals surface area contributed by atoms with Gasteiger partial charge in [0.25, 0.3) is 0 Å². The van der Waals surface area contributed by atoms with Crippen LogP contribution < -0.4 is 5.32 Å². The fourth-order valence-electron chi connectivity index (χ4n) is 3.30. The van der Waals surface area contributed by atoms with Crippen LogP contribution in [0.25, 0.3) is 11.0 Å². The lowest BCUT2D eigenvalue weighted by molar-refractivity contribution is -0.129. The smallest absolute Gasteiger partial charge is 0.249 e. The van der Waals surface area contributed by atoms with Crippen LogP contribution in [0.15, 0.2) is 18.2 Å². The average Bonchev–Trinajstić information content (AvgIpc) is 3.13. The van der Waals surface area contributed by atoms with E-state index in [0.29, 0.717) is 19.2 Å². The molecule has 0 bridgehead atoms. The number of benzene rings is 1. The van der Waals surface area contributed by atoms with Crippen LogP contribution in [0.3, 0.4) is 0 Å². The second-order valence-corrected chi connectivity index (χ2v) is 6.49. The van der Waals surface area contributed by atoms with Crippen LogP contribution in [-0.2, 0) is 16.0 Å². The molecule has 0 saturated carbocycles. The summed E-state index contributed by atoms with van der Waals surface area (Å²) in [5.41, 5.74) is 3.39. The number of nitrogens with one attached hydrogen (secondary N) is 1. The summed E-state index contributed by atoms with van der Waals surface area (Å²) in [5.74, 6) is 1.06. The van der Waals surface area contributed by atoms with Crippen LogP contribution in [0.5, 0.6) is 0 Å². The van der Waals surface area contributed by atoms with Gasteiger partial charge in [0.15, 0.2) is 0 Å². The van der Waals surface area contributed by atoms with Gasteiger partial charge in [-0.1, -0.05) is 6.07 Å². The summed E-state index contributed by atoms with van der Waals surface area (Å²) in [6.07, 6.45) is 2.38. The Kier molecular flexibility index (Phi) is 4.66. The predicted molar refractivity (Wildman–Crippen MR) is 90.5 cm³/mol. The van der Waals surface area contributed by atoms with E-state index >= 15 is 0 Å². The standard InChI is InChI=1S/C18H25N3O2/c1-12(2)21-13(3)20-15-11-14(6-7-16(15)21)8-9-19-18(22)17-5-4-10-23-17/h6-7,11-12,17H,4-5,8-10H2,1-3H3,(H,19,22). The minimum absolute atomic E-state index is 0.0171. The molecule has 1 aromatic carbocycles. The Morgan fingerprint density at radius 2 is 2.30 bits per heavy atom. The fraction of sp³-hybridized carbons (Fsp3) is 0.556. The van der Waals surface area contributed by atoms with Crippen molar-refractivity contribution in [3.05, 3.63) is 29.6 Å². The summed E-state index contributed by atoms with van der Waals surface area (Å²) >= 11 is 0. The Hall–Kier alpha value is -1.88. The van der Waals surface area contributed by atoms with Gasteiger partial charge < -0.3 is 14.6 Å². The number of amides is 1. The first kappa shape index (κ1) is 16.0. The molecule has 2 aromatic rings. The number of fused-ring (bicyclic) bond motifs is 1. The van der Waals surface area contributed by atoms with Crippen molar-refractivity contribution in [1.82, 2.24) is 14.9 Å². The monoisotopic (exact) mass is 315 g/mol. The second kappa shape index (κ2) is 6.71. The quantitative estimate of drug-likeness (QED) is 0.923. The van der Waals surface area contributed by atoms with Crippen LogP contribution in [-0.4, -0.2) is 34.7 Å². The van der Waals surface area contributed by atoms with Gasteiger partial charge in [-0.25, -0.2) is 4.98 Å². The average molecular weight is 315 g/mol. The Labute approximate surface area is 137 Å². The summed E-state index contributed by atoms with van der Waals surface area (Å²) in [7, 11) is 0. The molecule has 1 unspecified atom stereocenters. The van der Waals surface area contributed by atoms with Crippen molar-refractivity contribution in [2.75, 3.05) is 13.2 Å². The molecule has 5 nitrogen and oxygen atoms in total. The first-order valence-electron chi connectivity index (χ1n) is 8.43. The SMILES string of the molecule is Cc1nc2cc(CCNC(=O)C3CCCO3)ccc2n1C(C)C. The molecule has 1 aliphatic rings. The van der Waals surface area contributed by atoms with Gasteiger partial charge in [-0.3, -0.25) is 4.79 Å². The number of hydrogen-bond donors (Lipinski definition) is 1. The van der Waals surface area contributed by atoms with Crippen LogP contribution >= 0.6 is 0 Å². The van der Waals surface area contributed by atoms with Gasteiger partial charge in [0.1, 0.15) is 11.9 Å². The van der Waals surface area contributed by atoms with Crippen molar-refractivity contribution < 1.29 is 9.53 Å². The van der Waals surface area contributed by atoms with E-state index in [9.17, 15) is 4.79 Å². The summed E-state index contributed by atoms with van der Waals surface area (Å²) in [6.45, 7) is 7.72. The minimum atomic E-state index is -0.248. The predicted octanol–water partition coefficient (Wildman–Crippen LogP) is 2.76. The number of nitrogens with zero attached hydrogens (tertiary/aromatic N) is 2. The Morgan fingerprint density at radius 1 is 1.48 bits per heavy atom. The van der Waals surface area contributed by atoms with Crippen molar-refractivity contribution in [3.8, 4) is 0 Å². The van der Waals surface area contributed by atoms with E-state index in [2.05, 4.69) is 46.9 Å². The van der Waals surface area contributed by atoms with E-state index in [0.717, 1.165) is 30.6 Å². The summed E-state index contributed by atoms with van der Waals surface area (Å²) in [4.78, 5) is 16.6. The number of rotatable bonds is 5. The van der Waals surface area contributed by atoms with Crippen molar-refractivity contribution in [1.29, 1.82) is 0 Å². The van der Waals surface area contributed by atoms with Crippen molar-refractivity contribution in [3.63, 3.8) is 0 Å². The number of ether oxygens (including phenoxy) is 1. The molecule has 2 heterocycles. The highest BCUT2D eigenvalue weighted by molar-refractivity contribution is 5.81. The fourth-order valence-corrected chi connectivity index (χ4v) is 3.30. The maximum absolute atomic E-state index is 11.9. The molecule has 1 aromatic heterocycles. The molecule has 1 atom stereocenters. The molecule has 1 saturated heterocycles. The lowest BCUT2D eigenvalue weighted by Gasteiger charge is -2.11. The summed E-state index contributed by atoms with van der Waals surface area (Å²) in [5, 5.41) is 2.97. The first-order chi connectivity index (χ1) is 11.1. The normalized spacial score (nSPS) is 18.0. The number of carbonyl (C=O) groups is 1. The molecular weight excluding hydrogens is 290 g/mol. The Morgan fingerprint density at radius 3 is 3.00 bits per heavy atom. The molecular formula is C18H25N3O2. The zero-order valence-electron chi connectivity index (χ0n) is 14.1. The van der Waals surface area contributed by atoms with Crippen LogP contribution in [0.2, 0.25) is 0 Å². The van der Waals surface area contributed by atoms with E-state index in [1.165, 1.54) is 11.1 Å². The molecule has 1 aliphatic heterocycles. The van der Waals surface area contributed by atoms with Crippen LogP contribution in [0.4, 0.5) is 0 Å². The summed E-state index contributed by atoms with van der Waals surface area (Å²) in [6, 6.07) is 6.78. The third-order valence-electron chi connectivity index (χ3n) is 4.38. The molecule has 0 aliphatic carbocycles. The molecule has 0 radical (unpaired) electrons. The molecule has 5 heteroatoms. The topological polar surface area (TPSA) is 56.1 Å². The second-order valence-electron chi connectivity index (χ2n) is 6.49. The molecule has 1 fully saturated rings. The molecule has 3 rings (SSSR count). The van der Waals surface area contributed by atoms with Gasteiger partial charge >= 0.3 is 0 Å². The van der Waals surface area contributed by atoms with Gasteiger partial charge in [-0.2, -0.15) is 0 Å². The highest BCUT2D eigenvalue weighted by atomic mass is 16.5. The maximum atomic E-state index is 11.9. The molecule has 1 N–H and O–H groups in total. The van der Waals surface area contributed by atoms with E-state index in [1.807, 2.05) is 6.92 Å². The van der Waals surface area contributed by atoms with Gasteiger partial charge in [0.2, 0.25) is 5.91 Å². The molecule has 23 heavy (non-hydrogen) atoms. The van der Waals surface area contributed by atoms with Gasteiger partial charge in [0, 0.05) is 19.2 Å². The van der Waals surface area contributed by atoms with Gasteiger partial charge in [-0.15, -0.1) is 0 Å². The lowest BCUT2D eigenvalue weighted by Crippen LogP contribution is -2.35. The minimum Gasteiger partial charge on any atom is -0.368 e. The zero-order valence-corrected chi connectivity index (χ0v) is 14.1. The van der Waals surface area contributed by atoms with Crippen LogP contribution in [0.1, 0.15) is 44.1 Å². The largest absolute Gasteiger partial charge is 0.368 e. The number of aryl methyl sites for hydroxylation is 1. The van der Waals surface area contributed by atoms with Crippen molar-refractivity contribution in [2.45, 2.75) is 52.2 Å². The highest BCUT2D eigenvalue weighted by Crippen LogP contribution is 2.22. The van der Waals surface area contributed by atoms with E-state index < -0.39 is 0 Å². The van der Waals surface area contributed by atoms with Crippen LogP contribution in [0, 0.1) is 6.92 Å². The molecule has 0 spiro atoms. The van der Waals surface area contributed by atoms with Crippen molar-refractivity contribution >= 4 is 16.9 Å². The first-order valence-corrected chi connectivity index (χ1v) is 8.43. The van der Waals surface area contributed by atoms with Gasteiger partial charge in [-0.05, 0) is 57.7 Å². The number of hydrogen-bond acceptors (Lipinski definition) is 3. The number of carbonyl (C=O) groups excluding carboxylic acids is 1. The van der Waals surface area contributed by atoms with Gasteiger partial charge in [0.05, 0.1) is 11.0 Å². The Balaban J connectivity index is 1.63. The zero-order chi connectivity index (χ0) is 16.4. The van der Waals surface area contributed by atoms with Crippen molar-refractivity contribution in [2.24, 2.45) is 0 Å². The third-order valence-corrected chi connectivity index (χ3v) is 4.38. The number of aromatic nitrogens is 2. The van der Waals surface area contributed by atoms with E-state index in [1.54, 1.807) is 0 Å². The molecule has 1 amide bonds. The summed E-state index contributed by atoms with van der Waals surface area (Å²) < 4.78 is 7.64. The van der Waals surface area contributed by atoms with E-state index in [4.69, 9.17) is 4.74 Å². The maximum Gasteiger partial charge on any atom is 0.249 e. The number of imidazole rings is 1. The highest BCUT2D eigenvalue weighted by Gasteiger charge is 2.22. The lowest BCUT2D eigenvalue weighted by atomic mass is 10.1. The van der Waals surface area contributed by atoms with E-state index in [-0.39, 0.29) is 12.0 Å². The molecule has 124 valence electrons. The third kappa shape index (κ3) is 3.39. The Bertz CT molecular complexity index is 700.